The summed E-state index contributed by atoms with van der Waals surface area (Å²) in [7, 11) is 0. The van der Waals surface area contributed by atoms with Gasteiger partial charge in [-0.2, -0.15) is 5.10 Å². The number of amides is 2. The van der Waals surface area contributed by atoms with Crippen LogP contribution in [0.4, 0.5) is 5.69 Å². The zero-order valence-electron chi connectivity index (χ0n) is 14.1. The lowest BCUT2D eigenvalue weighted by Crippen LogP contribution is -2.41. The minimum absolute atomic E-state index is 0.0843. The highest BCUT2D eigenvalue weighted by molar-refractivity contribution is 6.35. The monoisotopic (exact) mass is 352 g/mol. The number of hydrogen-bond donors (Lipinski definition) is 3. The van der Waals surface area contributed by atoms with Crippen molar-refractivity contribution in [3.05, 3.63) is 27.8 Å². The fraction of sp³-hybridized carbons (Fsp3) is 0.400. The van der Waals surface area contributed by atoms with Crippen molar-refractivity contribution in [3.8, 4) is 11.5 Å². The summed E-state index contributed by atoms with van der Waals surface area (Å²) in [6, 6.07) is 2.23. The molecule has 0 aliphatic carbocycles. The number of nitrogens with one attached hydrogen (secondary N) is 2. The first kappa shape index (κ1) is 19.9. The van der Waals surface area contributed by atoms with E-state index in [-0.39, 0.29) is 24.0 Å². The van der Waals surface area contributed by atoms with Gasteiger partial charge in [-0.1, -0.05) is 6.92 Å². The fourth-order valence-electron chi connectivity index (χ4n) is 1.70. The van der Waals surface area contributed by atoms with Crippen molar-refractivity contribution in [2.75, 3.05) is 6.61 Å². The Morgan fingerprint density at radius 3 is 2.64 bits per heavy atom. The van der Waals surface area contributed by atoms with Crippen molar-refractivity contribution in [2.24, 2.45) is 5.10 Å². The summed E-state index contributed by atoms with van der Waals surface area (Å²) >= 11 is 0. The number of benzene rings is 1. The highest BCUT2D eigenvalue weighted by Crippen LogP contribution is 2.36. The van der Waals surface area contributed by atoms with E-state index in [9.17, 15) is 24.8 Å². The highest BCUT2D eigenvalue weighted by Gasteiger charge is 2.20. The number of nitrogens with zero attached hydrogens (tertiary/aromatic N) is 2. The number of rotatable bonds is 7. The van der Waals surface area contributed by atoms with Crippen molar-refractivity contribution in [2.45, 2.75) is 33.2 Å². The Labute approximate surface area is 144 Å². The van der Waals surface area contributed by atoms with Crippen molar-refractivity contribution in [3.63, 3.8) is 0 Å². The third kappa shape index (κ3) is 5.75. The maximum Gasteiger partial charge on any atom is 0.329 e. The summed E-state index contributed by atoms with van der Waals surface area (Å²) in [5.74, 6) is -2.48. The summed E-state index contributed by atoms with van der Waals surface area (Å²) in [6.45, 7) is 5.45. The number of hydrazone groups is 1. The van der Waals surface area contributed by atoms with Gasteiger partial charge >= 0.3 is 17.5 Å². The number of phenolic OH excluding ortho intramolecular Hbond substituents is 1. The van der Waals surface area contributed by atoms with Gasteiger partial charge in [0.2, 0.25) is 5.75 Å². The van der Waals surface area contributed by atoms with Crippen LogP contribution in [0.15, 0.2) is 17.2 Å². The van der Waals surface area contributed by atoms with Gasteiger partial charge in [0.15, 0.2) is 5.75 Å². The zero-order chi connectivity index (χ0) is 19.0. The molecule has 0 aliphatic rings. The van der Waals surface area contributed by atoms with Crippen LogP contribution in [0, 0.1) is 10.1 Å². The molecule has 2 amide bonds. The summed E-state index contributed by atoms with van der Waals surface area (Å²) in [5.41, 5.74) is 1.66. The maximum absolute atomic E-state index is 11.6. The second-order valence-electron chi connectivity index (χ2n) is 5.06. The molecule has 0 saturated carbocycles. The molecule has 0 fully saturated rings. The lowest BCUT2D eigenvalue weighted by atomic mass is 10.2. The molecule has 0 aromatic heterocycles. The first-order valence-corrected chi connectivity index (χ1v) is 7.58. The normalized spacial score (nSPS) is 11.8. The molecular weight excluding hydrogens is 332 g/mol. The second-order valence-corrected chi connectivity index (χ2v) is 5.06. The molecule has 25 heavy (non-hydrogen) atoms. The van der Waals surface area contributed by atoms with Gasteiger partial charge in [-0.25, -0.2) is 5.43 Å². The topological polar surface area (TPSA) is 143 Å². The molecule has 10 nitrogen and oxygen atoms in total. The number of carbonyl (C=O) groups is 2. The van der Waals surface area contributed by atoms with Crippen molar-refractivity contribution < 1.29 is 24.4 Å². The minimum Gasteiger partial charge on any atom is -0.500 e. The lowest BCUT2D eigenvalue weighted by molar-refractivity contribution is -0.386. The molecule has 0 heterocycles. The molecule has 0 radical (unpaired) electrons. The molecule has 136 valence electrons. The van der Waals surface area contributed by atoms with Crippen LogP contribution in [0.1, 0.15) is 32.8 Å². The van der Waals surface area contributed by atoms with E-state index in [1.807, 2.05) is 12.3 Å². The number of ether oxygens (including phenoxy) is 1. The van der Waals surface area contributed by atoms with Gasteiger partial charge in [0.05, 0.1) is 17.7 Å². The van der Waals surface area contributed by atoms with Crippen molar-refractivity contribution in [1.29, 1.82) is 0 Å². The van der Waals surface area contributed by atoms with E-state index in [4.69, 9.17) is 4.74 Å². The summed E-state index contributed by atoms with van der Waals surface area (Å²) in [6.07, 6.45) is 1.77. The molecule has 3 N–H and O–H groups in total. The minimum atomic E-state index is -0.963. The summed E-state index contributed by atoms with van der Waals surface area (Å²) < 4.78 is 5.12. The van der Waals surface area contributed by atoms with Crippen LogP contribution in [0.5, 0.6) is 11.5 Å². The molecule has 10 heteroatoms. The number of carbonyl (C=O) groups excluding carboxylic acids is 2. The third-order valence-corrected chi connectivity index (χ3v) is 3.15. The molecule has 1 aromatic rings. The molecule has 1 aromatic carbocycles. The Morgan fingerprint density at radius 2 is 2.08 bits per heavy atom. The number of aromatic hydroxyl groups is 1. The SMILES string of the molecule is CCOc1cc(/C=N/NC(=O)C(=O)N[C@@H](C)CC)cc([N+](=O)[O-])c1O. The Hall–Kier alpha value is -3.17. The predicted molar refractivity (Wildman–Crippen MR) is 89.6 cm³/mol. The van der Waals surface area contributed by atoms with Crippen molar-refractivity contribution in [1.82, 2.24) is 10.7 Å². The van der Waals surface area contributed by atoms with Crippen LogP contribution < -0.4 is 15.5 Å². The van der Waals surface area contributed by atoms with Crippen LogP contribution in [0.3, 0.4) is 0 Å². The maximum atomic E-state index is 11.6. The predicted octanol–water partition coefficient (Wildman–Crippen LogP) is 1.06. The van der Waals surface area contributed by atoms with Gasteiger partial charge in [-0.05, 0) is 26.3 Å². The lowest BCUT2D eigenvalue weighted by Gasteiger charge is -2.09. The van der Waals surface area contributed by atoms with E-state index in [0.717, 1.165) is 12.3 Å². The zero-order valence-corrected chi connectivity index (χ0v) is 14.1. The molecule has 1 rings (SSSR count). The van der Waals surface area contributed by atoms with Gasteiger partial charge in [0.25, 0.3) is 0 Å². The molecule has 1 atom stereocenters. The first-order chi connectivity index (χ1) is 11.8. The second kappa shape index (κ2) is 9.21. The number of phenols is 1. The van der Waals surface area contributed by atoms with Gasteiger partial charge in [0, 0.05) is 17.7 Å². The summed E-state index contributed by atoms with van der Waals surface area (Å²) in [5, 5.41) is 26.8. The van der Waals surface area contributed by atoms with Crippen molar-refractivity contribution >= 4 is 23.7 Å². The first-order valence-electron chi connectivity index (χ1n) is 7.58. The molecule has 0 spiro atoms. The van der Waals surface area contributed by atoms with Crippen LogP contribution >= 0.6 is 0 Å². The average molecular weight is 352 g/mol. The van der Waals surface area contributed by atoms with Crippen LogP contribution in [0.2, 0.25) is 0 Å². The van der Waals surface area contributed by atoms with E-state index in [1.54, 1.807) is 13.8 Å². The Bertz CT molecular complexity index is 689. The number of hydrogen-bond acceptors (Lipinski definition) is 7. The highest BCUT2D eigenvalue weighted by atomic mass is 16.6. The molecule has 0 aliphatic heterocycles. The Kier molecular flexibility index (Phi) is 7.32. The summed E-state index contributed by atoms with van der Waals surface area (Å²) in [4.78, 5) is 33.3. The average Bonchev–Trinajstić information content (AvgIpc) is 2.56. The van der Waals surface area contributed by atoms with Gasteiger partial charge in [-0.3, -0.25) is 19.7 Å². The van der Waals surface area contributed by atoms with E-state index in [1.165, 1.54) is 6.07 Å². The van der Waals surface area contributed by atoms with Gasteiger partial charge in [-0.15, -0.1) is 0 Å². The molecule has 0 saturated heterocycles. The van der Waals surface area contributed by atoms with E-state index in [0.29, 0.717) is 6.42 Å². The van der Waals surface area contributed by atoms with Gasteiger partial charge < -0.3 is 15.2 Å². The molecule has 0 bridgehead atoms. The fourth-order valence-corrected chi connectivity index (χ4v) is 1.70. The number of nitro benzene ring substituents is 1. The molecular formula is C15H20N4O6. The van der Waals surface area contributed by atoms with Gasteiger partial charge in [0.1, 0.15) is 0 Å². The number of nitro groups is 1. The van der Waals surface area contributed by atoms with Crippen LogP contribution in [-0.2, 0) is 9.59 Å². The van der Waals surface area contributed by atoms with Crippen LogP contribution in [0.25, 0.3) is 0 Å². The van der Waals surface area contributed by atoms with E-state index >= 15 is 0 Å². The van der Waals surface area contributed by atoms with E-state index in [2.05, 4.69) is 10.4 Å². The Balaban J connectivity index is 2.88. The molecule has 0 unspecified atom stereocenters. The Morgan fingerprint density at radius 1 is 1.40 bits per heavy atom. The standard InChI is InChI=1S/C15H20N4O6/c1-4-9(3)17-14(21)15(22)18-16-8-10-6-11(19(23)24)13(20)12(7-10)25-5-2/h6-9,20H,4-5H2,1-3H3,(H,17,21)(H,18,22)/b16-8+/t9-/m0/s1. The largest absolute Gasteiger partial charge is 0.500 e. The third-order valence-electron chi connectivity index (χ3n) is 3.15. The van der Waals surface area contributed by atoms with E-state index < -0.39 is 28.2 Å². The smallest absolute Gasteiger partial charge is 0.329 e. The quantitative estimate of drug-likeness (QED) is 0.290. The van der Waals surface area contributed by atoms with Crippen LogP contribution in [-0.4, -0.2) is 40.7 Å².